The van der Waals surface area contributed by atoms with Crippen molar-refractivity contribution in [1.29, 1.82) is 0 Å². The number of nitrogens with one attached hydrogen (secondary N) is 1. The van der Waals surface area contributed by atoms with Crippen molar-refractivity contribution < 1.29 is 0 Å². The van der Waals surface area contributed by atoms with Crippen LogP contribution in [0.25, 0.3) is 0 Å². The minimum Gasteiger partial charge on any atom is -0.317 e. The van der Waals surface area contributed by atoms with Crippen LogP contribution in [0.3, 0.4) is 0 Å². The molecule has 15 heavy (non-hydrogen) atoms. The number of fused-ring (bicyclic) bond motifs is 2. The molecule has 1 aliphatic heterocycles. The lowest BCUT2D eigenvalue weighted by Crippen LogP contribution is -2.47. The SMILES string of the molecule is Cc1cc(C)c2c(c1)C1(CCNCC1)C2. The fourth-order valence-electron chi connectivity index (χ4n) is 3.38. The summed E-state index contributed by atoms with van der Waals surface area (Å²) in [6.07, 6.45) is 4.00. The molecule has 1 heteroatoms. The Morgan fingerprint density at radius 2 is 1.87 bits per heavy atom. The molecule has 1 nitrogen and oxygen atoms in total. The van der Waals surface area contributed by atoms with E-state index in [0.29, 0.717) is 5.41 Å². The fraction of sp³-hybridized carbons (Fsp3) is 0.571. The third-order valence-corrected chi connectivity index (χ3v) is 4.26. The van der Waals surface area contributed by atoms with Gasteiger partial charge in [0.25, 0.3) is 0 Å². The number of hydrogen-bond donors (Lipinski definition) is 1. The summed E-state index contributed by atoms with van der Waals surface area (Å²) in [6, 6.07) is 4.75. The average molecular weight is 201 g/mol. The highest BCUT2D eigenvalue weighted by Gasteiger charge is 2.43. The molecule has 0 amide bonds. The molecule has 1 aromatic rings. The zero-order valence-corrected chi connectivity index (χ0v) is 9.69. The number of rotatable bonds is 0. The molecular weight excluding hydrogens is 182 g/mol. The van der Waals surface area contributed by atoms with Crippen LogP contribution in [0, 0.1) is 13.8 Å². The van der Waals surface area contributed by atoms with Crippen molar-refractivity contribution in [2.75, 3.05) is 13.1 Å². The van der Waals surface area contributed by atoms with Crippen molar-refractivity contribution in [2.24, 2.45) is 0 Å². The molecule has 0 atom stereocenters. The van der Waals surface area contributed by atoms with Crippen LogP contribution >= 0.6 is 0 Å². The molecule has 3 rings (SSSR count). The summed E-state index contributed by atoms with van der Waals surface area (Å²) in [5.74, 6) is 0. The van der Waals surface area contributed by atoms with Crippen molar-refractivity contribution in [3.63, 3.8) is 0 Å². The van der Waals surface area contributed by atoms with Gasteiger partial charge in [0.15, 0.2) is 0 Å². The standard InChI is InChI=1S/C14H19N/c1-10-7-11(2)12-9-14(13(12)8-10)3-5-15-6-4-14/h7-8,15H,3-6,9H2,1-2H3. The molecule has 2 aliphatic rings. The Balaban J connectivity index is 2.04. The van der Waals surface area contributed by atoms with Gasteiger partial charge in [-0.2, -0.15) is 0 Å². The first-order chi connectivity index (χ1) is 7.21. The molecule has 1 spiro atoms. The Hall–Kier alpha value is -0.820. The fourth-order valence-corrected chi connectivity index (χ4v) is 3.38. The maximum absolute atomic E-state index is 3.47. The zero-order chi connectivity index (χ0) is 10.5. The van der Waals surface area contributed by atoms with Gasteiger partial charge in [-0.15, -0.1) is 0 Å². The Kier molecular flexibility index (Phi) is 1.93. The minimum atomic E-state index is 0.553. The highest BCUT2D eigenvalue weighted by Crippen LogP contribution is 2.48. The predicted octanol–water partition coefficient (Wildman–Crippen LogP) is 2.48. The van der Waals surface area contributed by atoms with E-state index in [0.717, 1.165) is 0 Å². The van der Waals surface area contributed by atoms with E-state index in [4.69, 9.17) is 0 Å². The quantitative estimate of drug-likeness (QED) is 0.680. The van der Waals surface area contributed by atoms with E-state index in [1.54, 1.807) is 11.1 Å². The van der Waals surface area contributed by atoms with Gasteiger partial charge in [0.05, 0.1) is 0 Å². The zero-order valence-electron chi connectivity index (χ0n) is 9.69. The van der Waals surface area contributed by atoms with Gasteiger partial charge in [-0.1, -0.05) is 17.7 Å². The molecule has 1 N–H and O–H groups in total. The van der Waals surface area contributed by atoms with Crippen molar-refractivity contribution in [3.8, 4) is 0 Å². The van der Waals surface area contributed by atoms with E-state index in [1.165, 1.54) is 43.5 Å². The molecular formula is C14H19N. The van der Waals surface area contributed by atoms with Gasteiger partial charge in [0.1, 0.15) is 0 Å². The second kappa shape index (κ2) is 3.08. The monoisotopic (exact) mass is 201 g/mol. The number of benzene rings is 1. The molecule has 0 saturated carbocycles. The highest BCUT2D eigenvalue weighted by molar-refractivity contribution is 5.51. The van der Waals surface area contributed by atoms with Crippen LogP contribution in [0.2, 0.25) is 0 Å². The van der Waals surface area contributed by atoms with Crippen LogP contribution in [0.5, 0.6) is 0 Å². The molecule has 1 fully saturated rings. The van der Waals surface area contributed by atoms with Gasteiger partial charge in [0.2, 0.25) is 0 Å². The maximum Gasteiger partial charge on any atom is 0.00206 e. The van der Waals surface area contributed by atoms with Gasteiger partial charge < -0.3 is 5.32 Å². The molecule has 1 aromatic carbocycles. The third kappa shape index (κ3) is 1.26. The van der Waals surface area contributed by atoms with Gasteiger partial charge in [-0.25, -0.2) is 0 Å². The van der Waals surface area contributed by atoms with Crippen molar-refractivity contribution >= 4 is 0 Å². The van der Waals surface area contributed by atoms with Gasteiger partial charge in [-0.3, -0.25) is 0 Å². The Morgan fingerprint density at radius 1 is 1.13 bits per heavy atom. The summed E-state index contributed by atoms with van der Waals surface area (Å²) >= 11 is 0. The number of piperidine rings is 1. The largest absolute Gasteiger partial charge is 0.317 e. The molecule has 0 bridgehead atoms. The summed E-state index contributed by atoms with van der Waals surface area (Å²) in [4.78, 5) is 0. The van der Waals surface area contributed by atoms with E-state index >= 15 is 0 Å². The van der Waals surface area contributed by atoms with Gasteiger partial charge in [0, 0.05) is 5.41 Å². The molecule has 1 aliphatic carbocycles. The van der Waals surface area contributed by atoms with Crippen molar-refractivity contribution in [3.05, 3.63) is 34.4 Å². The van der Waals surface area contributed by atoms with E-state index < -0.39 is 0 Å². The van der Waals surface area contributed by atoms with E-state index in [1.807, 2.05) is 0 Å². The Bertz CT molecular complexity index is 400. The molecule has 1 saturated heterocycles. The summed E-state index contributed by atoms with van der Waals surface area (Å²) in [7, 11) is 0. The maximum atomic E-state index is 3.47. The summed E-state index contributed by atoms with van der Waals surface area (Å²) < 4.78 is 0. The van der Waals surface area contributed by atoms with Gasteiger partial charge >= 0.3 is 0 Å². The van der Waals surface area contributed by atoms with Gasteiger partial charge in [-0.05, 0) is 62.9 Å². The number of aryl methyl sites for hydroxylation is 2. The first-order valence-electron chi connectivity index (χ1n) is 6.03. The highest BCUT2D eigenvalue weighted by atomic mass is 14.9. The normalized spacial score (nSPS) is 22.3. The predicted molar refractivity (Wildman–Crippen MR) is 63.4 cm³/mol. The molecule has 0 radical (unpaired) electrons. The lowest BCUT2D eigenvalue weighted by Gasteiger charge is -2.48. The minimum absolute atomic E-state index is 0.553. The smallest absolute Gasteiger partial charge is 0.00206 e. The second-order valence-corrected chi connectivity index (χ2v) is 5.32. The molecule has 1 heterocycles. The van der Waals surface area contributed by atoms with Crippen molar-refractivity contribution in [1.82, 2.24) is 5.32 Å². The van der Waals surface area contributed by atoms with Crippen LogP contribution in [-0.4, -0.2) is 13.1 Å². The third-order valence-electron chi connectivity index (χ3n) is 4.26. The molecule has 0 aromatic heterocycles. The first kappa shape index (κ1) is 9.41. The van der Waals surface area contributed by atoms with Crippen molar-refractivity contribution in [2.45, 2.75) is 38.5 Å². The van der Waals surface area contributed by atoms with E-state index in [9.17, 15) is 0 Å². The summed E-state index contributed by atoms with van der Waals surface area (Å²) in [6.45, 7) is 6.89. The average Bonchev–Trinajstić information content (AvgIpc) is 2.23. The summed E-state index contributed by atoms with van der Waals surface area (Å²) in [5, 5.41) is 3.47. The number of hydrogen-bond acceptors (Lipinski definition) is 1. The second-order valence-electron chi connectivity index (χ2n) is 5.32. The lowest BCUT2D eigenvalue weighted by atomic mass is 9.58. The van der Waals surface area contributed by atoms with E-state index in [-0.39, 0.29) is 0 Å². The van der Waals surface area contributed by atoms with Crippen LogP contribution in [0.15, 0.2) is 12.1 Å². The molecule has 80 valence electrons. The molecule has 0 unspecified atom stereocenters. The van der Waals surface area contributed by atoms with Crippen LogP contribution in [0.4, 0.5) is 0 Å². The van der Waals surface area contributed by atoms with Crippen LogP contribution in [0.1, 0.15) is 35.1 Å². The Morgan fingerprint density at radius 3 is 2.60 bits per heavy atom. The summed E-state index contributed by atoms with van der Waals surface area (Å²) in [5.41, 5.74) is 6.80. The van der Waals surface area contributed by atoms with Crippen LogP contribution < -0.4 is 5.32 Å². The lowest BCUT2D eigenvalue weighted by molar-refractivity contribution is 0.268. The van der Waals surface area contributed by atoms with E-state index in [2.05, 4.69) is 31.3 Å². The first-order valence-corrected chi connectivity index (χ1v) is 6.03. The van der Waals surface area contributed by atoms with Crippen LogP contribution in [-0.2, 0) is 11.8 Å². The Labute approximate surface area is 91.9 Å². The topological polar surface area (TPSA) is 12.0 Å².